The number of rotatable bonds is 6. The molecule has 0 amide bonds. The normalized spacial score (nSPS) is 17.5. The van der Waals surface area contributed by atoms with Crippen LogP contribution in [0.2, 0.25) is 0 Å². The summed E-state index contributed by atoms with van der Waals surface area (Å²) in [7, 11) is 0. The molecule has 1 saturated heterocycles. The average Bonchev–Trinajstić information content (AvgIpc) is 2.76. The zero-order chi connectivity index (χ0) is 11.9. The molecule has 96 valence electrons. The van der Waals surface area contributed by atoms with E-state index in [0.717, 1.165) is 57.5 Å². The lowest BCUT2D eigenvalue weighted by Crippen LogP contribution is -2.37. The fourth-order valence-corrected chi connectivity index (χ4v) is 2.04. The van der Waals surface area contributed by atoms with E-state index in [1.165, 1.54) is 6.42 Å². The second-order valence-electron chi connectivity index (χ2n) is 4.50. The third kappa shape index (κ3) is 4.50. The van der Waals surface area contributed by atoms with Crippen molar-refractivity contribution in [3.8, 4) is 0 Å². The molecule has 2 rings (SSSR count). The van der Waals surface area contributed by atoms with Crippen molar-refractivity contribution in [3.05, 3.63) is 23.7 Å². The summed E-state index contributed by atoms with van der Waals surface area (Å²) in [4.78, 5) is 2.46. The van der Waals surface area contributed by atoms with Crippen LogP contribution in [-0.4, -0.2) is 44.3 Å². The highest BCUT2D eigenvalue weighted by Gasteiger charge is 2.08. The molecule has 2 heterocycles. The standard InChI is InChI=1S/C13H22N2O2/c1-12-3-4-13(17-12)11-14-5-2-6-15-7-9-16-10-8-15/h3-4,14H,2,5-11H2,1H3. The molecule has 1 aromatic rings. The van der Waals surface area contributed by atoms with Gasteiger partial charge in [-0.05, 0) is 38.6 Å². The van der Waals surface area contributed by atoms with Crippen molar-refractivity contribution in [2.75, 3.05) is 39.4 Å². The Morgan fingerprint density at radius 3 is 2.82 bits per heavy atom. The molecular weight excluding hydrogens is 216 g/mol. The molecule has 0 radical (unpaired) electrons. The van der Waals surface area contributed by atoms with Crippen molar-refractivity contribution < 1.29 is 9.15 Å². The van der Waals surface area contributed by atoms with Crippen LogP contribution < -0.4 is 5.32 Å². The minimum Gasteiger partial charge on any atom is -0.465 e. The van der Waals surface area contributed by atoms with E-state index in [-0.39, 0.29) is 0 Å². The van der Waals surface area contributed by atoms with Crippen molar-refractivity contribution in [1.29, 1.82) is 0 Å². The van der Waals surface area contributed by atoms with Crippen molar-refractivity contribution in [1.82, 2.24) is 10.2 Å². The maximum atomic E-state index is 5.49. The number of hydrogen-bond donors (Lipinski definition) is 1. The molecule has 0 saturated carbocycles. The number of hydrogen-bond acceptors (Lipinski definition) is 4. The summed E-state index contributed by atoms with van der Waals surface area (Å²) in [6, 6.07) is 4.04. The molecule has 0 spiro atoms. The van der Waals surface area contributed by atoms with E-state index < -0.39 is 0 Å². The third-order valence-corrected chi connectivity index (χ3v) is 3.03. The molecule has 0 atom stereocenters. The summed E-state index contributed by atoms with van der Waals surface area (Å²) in [5.41, 5.74) is 0. The van der Waals surface area contributed by atoms with Gasteiger partial charge >= 0.3 is 0 Å². The lowest BCUT2D eigenvalue weighted by molar-refractivity contribution is 0.0374. The maximum absolute atomic E-state index is 5.49. The second-order valence-corrected chi connectivity index (χ2v) is 4.50. The smallest absolute Gasteiger partial charge is 0.117 e. The molecule has 1 N–H and O–H groups in total. The Morgan fingerprint density at radius 2 is 2.12 bits per heavy atom. The predicted molar refractivity (Wildman–Crippen MR) is 67.0 cm³/mol. The summed E-state index contributed by atoms with van der Waals surface area (Å²) in [5, 5.41) is 3.40. The van der Waals surface area contributed by atoms with E-state index in [0.29, 0.717) is 0 Å². The van der Waals surface area contributed by atoms with Gasteiger partial charge in [-0.2, -0.15) is 0 Å². The Balaban J connectivity index is 1.51. The molecule has 0 unspecified atom stereocenters. The fourth-order valence-electron chi connectivity index (χ4n) is 2.04. The van der Waals surface area contributed by atoms with Gasteiger partial charge in [-0.3, -0.25) is 4.90 Å². The molecule has 0 aliphatic carbocycles. The number of aryl methyl sites for hydroxylation is 1. The SMILES string of the molecule is Cc1ccc(CNCCCN2CCOCC2)o1. The van der Waals surface area contributed by atoms with Gasteiger partial charge in [-0.15, -0.1) is 0 Å². The minimum absolute atomic E-state index is 0.830. The van der Waals surface area contributed by atoms with Gasteiger partial charge in [0, 0.05) is 13.1 Å². The zero-order valence-electron chi connectivity index (χ0n) is 10.6. The quantitative estimate of drug-likeness (QED) is 0.760. The summed E-state index contributed by atoms with van der Waals surface area (Å²) < 4.78 is 10.8. The van der Waals surface area contributed by atoms with Crippen LogP contribution >= 0.6 is 0 Å². The van der Waals surface area contributed by atoms with Gasteiger partial charge in [-0.25, -0.2) is 0 Å². The summed E-state index contributed by atoms with van der Waals surface area (Å²) >= 11 is 0. The Hall–Kier alpha value is -0.840. The van der Waals surface area contributed by atoms with Crippen molar-refractivity contribution in [2.24, 2.45) is 0 Å². The molecule has 1 aliphatic heterocycles. The molecule has 0 bridgehead atoms. The Bertz CT molecular complexity index is 319. The van der Waals surface area contributed by atoms with E-state index in [1.54, 1.807) is 0 Å². The van der Waals surface area contributed by atoms with Crippen LogP contribution in [0, 0.1) is 6.92 Å². The average molecular weight is 238 g/mol. The van der Waals surface area contributed by atoms with Gasteiger partial charge < -0.3 is 14.5 Å². The number of ether oxygens (including phenoxy) is 1. The van der Waals surface area contributed by atoms with Crippen LogP contribution in [0.15, 0.2) is 16.5 Å². The first-order valence-corrected chi connectivity index (χ1v) is 6.41. The number of nitrogens with one attached hydrogen (secondary N) is 1. The van der Waals surface area contributed by atoms with E-state index in [2.05, 4.69) is 10.2 Å². The molecule has 1 aromatic heterocycles. The minimum atomic E-state index is 0.830. The van der Waals surface area contributed by atoms with Crippen LogP contribution in [0.3, 0.4) is 0 Å². The lowest BCUT2D eigenvalue weighted by atomic mass is 10.3. The van der Waals surface area contributed by atoms with Gasteiger partial charge in [0.05, 0.1) is 19.8 Å². The molecule has 4 heteroatoms. The van der Waals surface area contributed by atoms with Gasteiger partial charge in [0.25, 0.3) is 0 Å². The second kappa shape index (κ2) is 6.79. The van der Waals surface area contributed by atoms with Crippen LogP contribution in [0.5, 0.6) is 0 Å². The first-order chi connectivity index (χ1) is 8.34. The van der Waals surface area contributed by atoms with Crippen LogP contribution in [0.1, 0.15) is 17.9 Å². The maximum Gasteiger partial charge on any atom is 0.117 e. The van der Waals surface area contributed by atoms with Gasteiger partial charge in [0.2, 0.25) is 0 Å². The highest BCUT2D eigenvalue weighted by molar-refractivity contribution is 5.04. The Kier molecular flexibility index (Phi) is 5.04. The summed E-state index contributed by atoms with van der Waals surface area (Å²) in [6.07, 6.45) is 1.18. The van der Waals surface area contributed by atoms with E-state index in [1.807, 2.05) is 19.1 Å². The Morgan fingerprint density at radius 1 is 1.29 bits per heavy atom. The largest absolute Gasteiger partial charge is 0.465 e. The predicted octanol–water partition coefficient (Wildman–Crippen LogP) is 1.40. The van der Waals surface area contributed by atoms with Crippen molar-refractivity contribution in [2.45, 2.75) is 19.9 Å². The highest BCUT2D eigenvalue weighted by Crippen LogP contribution is 2.05. The monoisotopic (exact) mass is 238 g/mol. The first kappa shape index (κ1) is 12.6. The first-order valence-electron chi connectivity index (χ1n) is 6.41. The van der Waals surface area contributed by atoms with Crippen LogP contribution in [0.4, 0.5) is 0 Å². The topological polar surface area (TPSA) is 37.6 Å². The third-order valence-electron chi connectivity index (χ3n) is 3.03. The highest BCUT2D eigenvalue weighted by atomic mass is 16.5. The van der Waals surface area contributed by atoms with Gasteiger partial charge in [0.1, 0.15) is 11.5 Å². The number of morpholine rings is 1. The van der Waals surface area contributed by atoms with Crippen molar-refractivity contribution >= 4 is 0 Å². The molecule has 0 aromatic carbocycles. The number of nitrogens with zero attached hydrogens (tertiary/aromatic N) is 1. The molecular formula is C13H22N2O2. The van der Waals surface area contributed by atoms with E-state index >= 15 is 0 Å². The summed E-state index contributed by atoms with van der Waals surface area (Å²) in [6.45, 7) is 8.94. The van der Waals surface area contributed by atoms with Crippen LogP contribution in [-0.2, 0) is 11.3 Å². The van der Waals surface area contributed by atoms with E-state index in [4.69, 9.17) is 9.15 Å². The molecule has 1 aliphatic rings. The van der Waals surface area contributed by atoms with Gasteiger partial charge in [0.15, 0.2) is 0 Å². The zero-order valence-corrected chi connectivity index (χ0v) is 10.6. The number of furan rings is 1. The Labute approximate surface area is 103 Å². The van der Waals surface area contributed by atoms with Crippen LogP contribution in [0.25, 0.3) is 0 Å². The molecule has 4 nitrogen and oxygen atoms in total. The molecule has 17 heavy (non-hydrogen) atoms. The fraction of sp³-hybridized carbons (Fsp3) is 0.692. The molecule has 1 fully saturated rings. The van der Waals surface area contributed by atoms with Gasteiger partial charge in [-0.1, -0.05) is 0 Å². The van der Waals surface area contributed by atoms with Crippen molar-refractivity contribution in [3.63, 3.8) is 0 Å². The summed E-state index contributed by atoms with van der Waals surface area (Å²) in [5.74, 6) is 2.00. The van der Waals surface area contributed by atoms with E-state index in [9.17, 15) is 0 Å². The lowest BCUT2D eigenvalue weighted by Gasteiger charge is -2.26.